The van der Waals surface area contributed by atoms with Crippen molar-refractivity contribution in [1.82, 2.24) is 24.3 Å². The summed E-state index contributed by atoms with van der Waals surface area (Å²) in [6.07, 6.45) is 7.34. The summed E-state index contributed by atoms with van der Waals surface area (Å²) in [4.78, 5) is 6.53. The monoisotopic (exact) mass is 324 g/mol. The average Bonchev–Trinajstić information content (AvgIpc) is 2.96. The van der Waals surface area contributed by atoms with E-state index in [1.807, 2.05) is 17.5 Å². The minimum atomic E-state index is -3.15. The molecule has 22 heavy (non-hydrogen) atoms. The van der Waals surface area contributed by atoms with E-state index in [0.717, 1.165) is 37.4 Å². The van der Waals surface area contributed by atoms with E-state index in [0.29, 0.717) is 6.42 Å². The van der Waals surface area contributed by atoms with Gasteiger partial charge in [-0.2, -0.15) is 0 Å². The summed E-state index contributed by atoms with van der Waals surface area (Å²) in [6, 6.07) is 0.00500. The predicted octanol–water partition coefficient (Wildman–Crippen LogP) is 0.422. The molecule has 0 saturated carbocycles. The molecule has 9 heteroatoms. The van der Waals surface area contributed by atoms with E-state index in [9.17, 15) is 8.42 Å². The first kappa shape index (κ1) is 15.2. The Morgan fingerprint density at radius 3 is 2.86 bits per heavy atom. The van der Waals surface area contributed by atoms with Crippen LogP contribution in [0.1, 0.15) is 26.2 Å². The van der Waals surface area contributed by atoms with Gasteiger partial charge in [0.1, 0.15) is 6.33 Å². The first-order valence-electron chi connectivity index (χ1n) is 7.48. The van der Waals surface area contributed by atoms with Crippen molar-refractivity contribution in [2.45, 2.75) is 32.2 Å². The zero-order valence-electron chi connectivity index (χ0n) is 12.5. The van der Waals surface area contributed by atoms with Crippen molar-refractivity contribution < 1.29 is 8.42 Å². The van der Waals surface area contributed by atoms with E-state index in [1.165, 1.54) is 0 Å². The normalized spacial score (nSPS) is 17.2. The highest BCUT2D eigenvalue weighted by Gasteiger charge is 2.25. The lowest BCUT2D eigenvalue weighted by atomic mass is 10.1. The minimum absolute atomic E-state index is 0.00500. The van der Waals surface area contributed by atoms with Gasteiger partial charge in [0.2, 0.25) is 15.7 Å². The van der Waals surface area contributed by atoms with E-state index >= 15 is 0 Å². The van der Waals surface area contributed by atoms with Gasteiger partial charge >= 0.3 is 0 Å². The molecule has 1 saturated heterocycles. The van der Waals surface area contributed by atoms with Gasteiger partial charge in [-0.1, -0.05) is 6.92 Å². The molecule has 0 unspecified atom stereocenters. The molecule has 2 aromatic rings. The van der Waals surface area contributed by atoms with E-state index in [1.54, 1.807) is 12.5 Å². The summed E-state index contributed by atoms with van der Waals surface area (Å²) < 4.78 is 28.3. The van der Waals surface area contributed by atoms with Crippen LogP contribution >= 0.6 is 0 Å². The molecule has 8 nitrogen and oxygen atoms in total. The minimum Gasteiger partial charge on any atom is -0.353 e. The van der Waals surface area contributed by atoms with Crippen LogP contribution in [-0.2, 0) is 10.0 Å². The van der Waals surface area contributed by atoms with Gasteiger partial charge in [-0.25, -0.2) is 18.1 Å². The Kier molecular flexibility index (Phi) is 4.25. The number of anilines is 1. The van der Waals surface area contributed by atoms with E-state index in [2.05, 4.69) is 24.8 Å². The van der Waals surface area contributed by atoms with E-state index < -0.39 is 10.0 Å². The van der Waals surface area contributed by atoms with Crippen LogP contribution in [0.2, 0.25) is 0 Å². The number of hydrogen-bond donors (Lipinski definition) is 1. The zero-order chi connectivity index (χ0) is 15.6. The number of sulfonamides is 1. The molecule has 1 fully saturated rings. The van der Waals surface area contributed by atoms with Crippen LogP contribution in [0.4, 0.5) is 5.82 Å². The molecule has 1 aliphatic heterocycles. The first-order chi connectivity index (χ1) is 10.6. The first-order valence-corrected chi connectivity index (χ1v) is 9.13. The van der Waals surface area contributed by atoms with Gasteiger partial charge in [-0.3, -0.25) is 4.40 Å². The Balaban J connectivity index is 1.66. The van der Waals surface area contributed by atoms with E-state index in [-0.39, 0.29) is 11.8 Å². The second kappa shape index (κ2) is 6.17. The fraction of sp³-hybridized carbons (Fsp3) is 0.615. The van der Waals surface area contributed by atoms with Crippen LogP contribution < -0.4 is 9.62 Å². The summed E-state index contributed by atoms with van der Waals surface area (Å²) in [5.41, 5.74) is 0.729. The Morgan fingerprint density at radius 2 is 2.14 bits per heavy atom. The largest absolute Gasteiger partial charge is 0.353 e. The molecule has 0 aromatic carbocycles. The second-order valence-corrected chi connectivity index (χ2v) is 7.38. The fourth-order valence-corrected chi connectivity index (χ4v) is 4.16. The number of hydrogen-bond acceptors (Lipinski definition) is 6. The van der Waals surface area contributed by atoms with Crippen LogP contribution in [0.5, 0.6) is 0 Å². The predicted molar refractivity (Wildman–Crippen MR) is 83.2 cm³/mol. The fourth-order valence-electron chi connectivity index (χ4n) is 2.76. The molecular formula is C13H20N6O2S. The van der Waals surface area contributed by atoms with Crippen LogP contribution in [0.25, 0.3) is 5.65 Å². The van der Waals surface area contributed by atoms with Gasteiger partial charge in [0.15, 0.2) is 5.82 Å². The van der Waals surface area contributed by atoms with Crippen LogP contribution in [-0.4, -0.2) is 52.9 Å². The van der Waals surface area contributed by atoms with Crippen molar-refractivity contribution in [2.75, 3.05) is 23.7 Å². The Labute approximate surface area is 129 Å². The molecule has 1 aliphatic rings. The summed E-state index contributed by atoms with van der Waals surface area (Å²) in [7, 11) is -3.15. The lowest BCUT2D eigenvalue weighted by Gasteiger charge is -2.32. The van der Waals surface area contributed by atoms with E-state index in [4.69, 9.17) is 0 Å². The quantitative estimate of drug-likeness (QED) is 0.857. The summed E-state index contributed by atoms with van der Waals surface area (Å²) in [5, 5.41) is 7.99. The number of nitrogens with one attached hydrogen (secondary N) is 1. The van der Waals surface area contributed by atoms with Crippen molar-refractivity contribution in [3.05, 3.63) is 18.7 Å². The smallest absolute Gasteiger partial charge is 0.211 e. The average molecular weight is 324 g/mol. The van der Waals surface area contributed by atoms with Crippen LogP contribution in [0.3, 0.4) is 0 Å². The SMILES string of the molecule is CCCS(=O)(=O)NC1CCN(c2nccn3cnnc23)CC1. The van der Waals surface area contributed by atoms with Gasteiger partial charge in [0.05, 0.1) is 5.75 Å². The molecule has 0 bridgehead atoms. The Bertz CT molecular complexity index is 736. The molecule has 3 rings (SSSR count). The molecule has 0 radical (unpaired) electrons. The molecule has 1 N–H and O–H groups in total. The Morgan fingerprint density at radius 1 is 1.36 bits per heavy atom. The maximum Gasteiger partial charge on any atom is 0.211 e. The van der Waals surface area contributed by atoms with Gasteiger partial charge in [0.25, 0.3) is 0 Å². The summed E-state index contributed by atoms with van der Waals surface area (Å²) in [6.45, 7) is 3.37. The number of piperidine rings is 1. The number of aromatic nitrogens is 4. The second-order valence-electron chi connectivity index (χ2n) is 5.51. The van der Waals surface area contributed by atoms with Crippen molar-refractivity contribution in [1.29, 1.82) is 0 Å². The molecule has 2 aromatic heterocycles. The van der Waals surface area contributed by atoms with Crippen molar-refractivity contribution in [3.8, 4) is 0 Å². The lowest BCUT2D eigenvalue weighted by Crippen LogP contribution is -2.45. The highest BCUT2D eigenvalue weighted by molar-refractivity contribution is 7.89. The van der Waals surface area contributed by atoms with Crippen molar-refractivity contribution in [2.24, 2.45) is 0 Å². The number of rotatable bonds is 5. The molecular weight excluding hydrogens is 304 g/mol. The molecule has 120 valence electrons. The molecule has 3 heterocycles. The van der Waals surface area contributed by atoms with Crippen LogP contribution in [0.15, 0.2) is 18.7 Å². The summed E-state index contributed by atoms with van der Waals surface area (Å²) in [5.74, 6) is 0.989. The summed E-state index contributed by atoms with van der Waals surface area (Å²) >= 11 is 0. The Hall–Kier alpha value is -1.74. The van der Waals surface area contributed by atoms with Crippen LogP contribution in [0, 0.1) is 0 Å². The highest BCUT2D eigenvalue weighted by Crippen LogP contribution is 2.21. The highest BCUT2D eigenvalue weighted by atomic mass is 32.2. The maximum atomic E-state index is 11.8. The third kappa shape index (κ3) is 3.20. The van der Waals surface area contributed by atoms with Gasteiger partial charge in [0, 0.05) is 31.5 Å². The molecule has 0 atom stereocenters. The van der Waals surface area contributed by atoms with Gasteiger partial charge in [-0.05, 0) is 19.3 Å². The zero-order valence-corrected chi connectivity index (χ0v) is 13.3. The molecule has 0 aliphatic carbocycles. The molecule has 0 amide bonds. The van der Waals surface area contributed by atoms with Crippen molar-refractivity contribution >= 4 is 21.5 Å². The van der Waals surface area contributed by atoms with Gasteiger partial charge < -0.3 is 4.90 Å². The maximum absolute atomic E-state index is 11.8. The third-order valence-electron chi connectivity index (χ3n) is 3.81. The number of fused-ring (bicyclic) bond motifs is 1. The standard InChI is InChI=1S/C13H20N6O2S/c1-2-9-22(20,21)17-11-3-6-18(7-4-11)12-13-16-15-10-19(13)8-5-14-12/h5,8,10-11,17H,2-4,6-7,9H2,1H3. The molecule has 0 spiro atoms. The van der Waals surface area contributed by atoms with Gasteiger partial charge in [-0.15, -0.1) is 10.2 Å². The number of nitrogens with zero attached hydrogens (tertiary/aromatic N) is 5. The third-order valence-corrected chi connectivity index (χ3v) is 5.45. The topological polar surface area (TPSA) is 92.5 Å². The van der Waals surface area contributed by atoms with Crippen molar-refractivity contribution in [3.63, 3.8) is 0 Å². The lowest BCUT2D eigenvalue weighted by molar-refractivity contribution is 0.458.